The summed E-state index contributed by atoms with van der Waals surface area (Å²) in [4.78, 5) is 4.15. The van der Waals surface area contributed by atoms with Gasteiger partial charge in [-0.1, -0.05) is 30.7 Å². The van der Waals surface area contributed by atoms with E-state index >= 15 is 0 Å². The Balaban J connectivity index is 2.19. The molecule has 0 fully saturated rings. The highest BCUT2D eigenvalue weighted by molar-refractivity contribution is 6.33. The molecule has 0 radical (unpaired) electrons. The van der Waals surface area contributed by atoms with Crippen molar-refractivity contribution in [3.63, 3.8) is 0 Å². The highest BCUT2D eigenvalue weighted by Crippen LogP contribution is 2.24. The monoisotopic (exact) mass is 247 g/mol. The third-order valence-corrected chi connectivity index (χ3v) is 2.78. The molecule has 0 bridgehead atoms. The summed E-state index contributed by atoms with van der Waals surface area (Å²) in [6.07, 6.45) is 2.61. The fourth-order valence-electron chi connectivity index (χ4n) is 1.51. The Kier molecular flexibility index (Phi) is 3.49. The van der Waals surface area contributed by atoms with Crippen molar-refractivity contribution in [2.75, 3.05) is 11.1 Å². The first-order chi connectivity index (χ1) is 8.19. The van der Waals surface area contributed by atoms with E-state index in [0.29, 0.717) is 16.5 Å². The number of rotatable bonds is 3. The van der Waals surface area contributed by atoms with Gasteiger partial charge in [0.1, 0.15) is 5.82 Å². The predicted octanol–water partition coefficient (Wildman–Crippen LogP) is 3.62. The van der Waals surface area contributed by atoms with Gasteiger partial charge in [0.2, 0.25) is 0 Å². The fraction of sp³-hybridized carbons (Fsp3) is 0.154. The van der Waals surface area contributed by atoms with Crippen molar-refractivity contribution in [2.45, 2.75) is 13.3 Å². The van der Waals surface area contributed by atoms with Gasteiger partial charge in [-0.3, -0.25) is 0 Å². The molecule has 88 valence electrons. The lowest BCUT2D eigenvalue weighted by atomic mass is 10.1. The highest BCUT2D eigenvalue weighted by atomic mass is 35.5. The Bertz CT molecular complexity index is 509. The molecule has 17 heavy (non-hydrogen) atoms. The SMILES string of the molecule is CCc1ccc(Nc2ncc(N)cc2Cl)cc1. The summed E-state index contributed by atoms with van der Waals surface area (Å²) >= 11 is 6.03. The lowest BCUT2D eigenvalue weighted by Crippen LogP contribution is -1.96. The second-order valence-electron chi connectivity index (χ2n) is 3.77. The molecule has 3 nitrogen and oxygen atoms in total. The number of hydrogen-bond acceptors (Lipinski definition) is 3. The maximum Gasteiger partial charge on any atom is 0.149 e. The van der Waals surface area contributed by atoms with Gasteiger partial charge in [0, 0.05) is 5.69 Å². The van der Waals surface area contributed by atoms with E-state index in [1.165, 1.54) is 5.56 Å². The van der Waals surface area contributed by atoms with Gasteiger partial charge < -0.3 is 11.1 Å². The minimum Gasteiger partial charge on any atom is -0.397 e. The van der Waals surface area contributed by atoms with E-state index < -0.39 is 0 Å². The molecule has 0 aliphatic rings. The van der Waals surface area contributed by atoms with Crippen LogP contribution in [0.5, 0.6) is 0 Å². The van der Waals surface area contributed by atoms with Crippen LogP contribution in [0.3, 0.4) is 0 Å². The smallest absolute Gasteiger partial charge is 0.149 e. The molecule has 0 saturated carbocycles. The largest absolute Gasteiger partial charge is 0.397 e. The van der Waals surface area contributed by atoms with Crippen LogP contribution in [0.15, 0.2) is 36.5 Å². The molecular formula is C13H14ClN3. The van der Waals surface area contributed by atoms with Crippen LogP contribution in [0.25, 0.3) is 0 Å². The quantitative estimate of drug-likeness (QED) is 0.871. The zero-order chi connectivity index (χ0) is 12.3. The molecule has 1 aromatic heterocycles. The van der Waals surface area contributed by atoms with E-state index in [9.17, 15) is 0 Å². The number of benzene rings is 1. The highest BCUT2D eigenvalue weighted by Gasteiger charge is 2.02. The Morgan fingerprint density at radius 1 is 1.29 bits per heavy atom. The Hall–Kier alpha value is -1.74. The molecule has 0 amide bonds. The van der Waals surface area contributed by atoms with Crippen molar-refractivity contribution in [2.24, 2.45) is 0 Å². The van der Waals surface area contributed by atoms with Crippen LogP contribution in [-0.2, 0) is 6.42 Å². The van der Waals surface area contributed by atoms with Crippen molar-refractivity contribution in [3.8, 4) is 0 Å². The number of aromatic nitrogens is 1. The van der Waals surface area contributed by atoms with Gasteiger partial charge in [0.25, 0.3) is 0 Å². The van der Waals surface area contributed by atoms with Crippen molar-refractivity contribution in [1.29, 1.82) is 0 Å². The van der Waals surface area contributed by atoms with Crippen LogP contribution in [-0.4, -0.2) is 4.98 Å². The average Bonchev–Trinajstić information content (AvgIpc) is 2.34. The summed E-state index contributed by atoms with van der Waals surface area (Å²) in [7, 11) is 0. The molecule has 0 spiro atoms. The number of aryl methyl sites for hydroxylation is 1. The summed E-state index contributed by atoms with van der Waals surface area (Å²) in [5.74, 6) is 0.616. The second kappa shape index (κ2) is 5.06. The molecule has 0 unspecified atom stereocenters. The lowest BCUT2D eigenvalue weighted by Gasteiger charge is -2.08. The van der Waals surface area contributed by atoms with Crippen LogP contribution in [0.4, 0.5) is 17.2 Å². The Labute approximate surface area is 106 Å². The third-order valence-electron chi connectivity index (χ3n) is 2.49. The van der Waals surface area contributed by atoms with E-state index in [1.54, 1.807) is 12.3 Å². The zero-order valence-corrected chi connectivity index (χ0v) is 10.3. The standard InChI is InChI=1S/C13H14ClN3/c1-2-9-3-5-11(6-4-9)17-13-12(14)7-10(15)8-16-13/h3-8H,2,15H2,1H3,(H,16,17). The van der Waals surface area contributed by atoms with Gasteiger partial charge in [-0.25, -0.2) is 4.98 Å². The van der Waals surface area contributed by atoms with E-state index in [-0.39, 0.29) is 0 Å². The van der Waals surface area contributed by atoms with Gasteiger partial charge in [-0.05, 0) is 30.2 Å². The number of hydrogen-bond donors (Lipinski definition) is 2. The summed E-state index contributed by atoms with van der Waals surface area (Å²) in [5, 5.41) is 3.67. The maximum atomic E-state index is 6.03. The van der Waals surface area contributed by atoms with Gasteiger partial charge in [0.05, 0.1) is 16.9 Å². The minimum absolute atomic E-state index is 0.518. The number of nitrogens with two attached hydrogens (primary N) is 1. The number of nitrogens with one attached hydrogen (secondary N) is 1. The molecule has 0 saturated heterocycles. The first kappa shape index (κ1) is 11.7. The molecule has 4 heteroatoms. The van der Waals surface area contributed by atoms with Crippen molar-refractivity contribution < 1.29 is 0 Å². The molecule has 3 N–H and O–H groups in total. The van der Waals surface area contributed by atoms with Crippen molar-refractivity contribution in [3.05, 3.63) is 47.1 Å². The second-order valence-corrected chi connectivity index (χ2v) is 4.18. The summed E-state index contributed by atoms with van der Waals surface area (Å²) < 4.78 is 0. The molecular weight excluding hydrogens is 234 g/mol. The predicted molar refractivity (Wildman–Crippen MR) is 72.8 cm³/mol. The minimum atomic E-state index is 0.518. The molecule has 0 aliphatic heterocycles. The van der Waals surface area contributed by atoms with E-state index in [4.69, 9.17) is 17.3 Å². The van der Waals surface area contributed by atoms with Crippen LogP contribution in [0, 0.1) is 0 Å². The topological polar surface area (TPSA) is 50.9 Å². The number of nitrogen functional groups attached to an aromatic ring is 1. The number of anilines is 3. The maximum absolute atomic E-state index is 6.03. The number of halogens is 1. The molecule has 2 rings (SSSR count). The fourth-order valence-corrected chi connectivity index (χ4v) is 1.73. The Morgan fingerprint density at radius 3 is 2.59 bits per heavy atom. The van der Waals surface area contributed by atoms with Gasteiger partial charge >= 0.3 is 0 Å². The van der Waals surface area contributed by atoms with E-state index in [1.807, 2.05) is 12.1 Å². The Morgan fingerprint density at radius 2 is 2.00 bits per heavy atom. The molecule has 0 atom stereocenters. The van der Waals surface area contributed by atoms with Crippen molar-refractivity contribution in [1.82, 2.24) is 4.98 Å². The molecule has 1 aromatic carbocycles. The van der Waals surface area contributed by atoms with Crippen LogP contribution >= 0.6 is 11.6 Å². The lowest BCUT2D eigenvalue weighted by molar-refractivity contribution is 1.14. The normalized spacial score (nSPS) is 10.2. The first-order valence-corrected chi connectivity index (χ1v) is 5.84. The first-order valence-electron chi connectivity index (χ1n) is 5.46. The number of nitrogens with zero attached hydrogens (tertiary/aromatic N) is 1. The van der Waals surface area contributed by atoms with Gasteiger partial charge in [0.15, 0.2) is 0 Å². The van der Waals surface area contributed by atoms with Crippen LogP contribution < -0.4 is 11.1 Å². The summed E-state index contributed by atoms with van der Waals surface area (Å²) in [5.41, 5.74) is 8.40. The van der Waals surface area contributed by atoms with Gasteiger partial charge in [-0.2, -0.15) is 0 Å². The van der Waals surface area contributed by atoms with Gasteiger partial charge in [-0.15, -0.1) is 0 Å². The third kappa shape index (κ3) is 2.88. The molecule has 1 heterocycles. The average molecular weight is 248 g/mol. The summed E-state index contributed by atoms with van der Waals surface area (Å²) in [6, 6.07) is 9.85. The molecule has 2 aromatic rings. The van der Waals surface area contributed by atoms with Crippen LogP contribution in [0.2, 0.25) is 5.02 Å². The van der Waals surface area contributed by atoms with E-state index in [0.717, 1.165) is 12.1 Å². The summed E-state index contributed by atoms with van der Waals surface area (Å²) in [6.45, 7) is 2.13. The zero-order valence-electron chi connectivity index (χ0n) is 9.57. The number of pyridine rings is 1. The molecule has 0 aliphatic carbocycles. The van der Waals surface area contributed by atoms with E-state index in [2.05, 4.69) is 29.4 Å². The van der Waals surface area contributed by atoms with Crippen molar-refractivity contribution >= 4 is 28.8 Å². The van der Waals surface area contributed by atoms with Crippen LogP contribution in [0.1, 0.15) is 12.5 Å².